The number of ether oxygens (including phenoxy) is 1. The quantitative estimate of drug-likeness (QED) is 0.762. The van der Waals surface area contributed by atoms with Crippen LogP contribution in [-0.2, 0) is 0 Å². The Labute approximate surface area is 137 Å². The molecule has 0 radical (unpaired) electrons. The van der Waals surface area contributed by atoms with E-state index in [1.54, 1.807) is 24.9 Å². The highest BCUT2D eigenvalue weighted by Gasteiger charge is 2.36. The lowest BCUT2D eigenvalue weighted by Crippen LogP contribution is -2.41. The SMILES string of the molecule is COc1cncc(C(NC(=O)c2csc(N)n2)C2CC(O)C2)c1. The van der Waals surface area contributed by atoms with Gasteiger partial charge in [0.15, 0.2) is 5.13 Å². The third kappa shape index (κ3) is 3.43. The van der Waals surface area contributed by atoms with Crippen molar-refractivity contribution in [2.45, 2.75) is 25.0 Å². The van der Waals surface area contributed by atoms with Crippen LogP contribution < -0.4 is 15.8 Å². The van der Waals surface area contributed by atoms with E-state index in [0.29, 0.717) is 29.4 Å². The van der Waals surface area contributed by atoms with Gasteiger partial charge in [0, 0.05) is 11.6 Å². The summed E-state index contributed by atoms with van der Waals surface area (Å²) < 4.78 is 5.20. The van der Waals surface area contributed by atoms with E-state index in [0.717, 1.165) is 5.56 Å². The van der Waals surface area contributed by atoms with E-state index >= 15 is 0 Å². The van der Waals surface area contributed by atoms with Crippen molar-refractivity contribution in [2.24, 2.45) is 5.92 Å². The highest BCUT2D eigenvalue weighted by molar-refractivity contribution is 7.13. The van der Waals surface area contributed by atoms with Crippen LogP contribution in [0.2, 0.25) is 0 Å². The number of nitrogen functional groups attached to an aromatic ring is 1. The number of carbonyl (C=O) groups is 1. The van der Waals surface area contributed by atoms with Crippen LogP contribution in [0, 0.1) is 5.92 Å². The van der Waals surface area contributed by atoms with Crippen molar-refractivity contribution >= 4 is 22.4 Å². The van der Waals surface area contributed by atoms with Crippen molar-refractivity contribution in [3.05, 3.63) is 35.1 Å². The van der Waals surface area contributed by atoms with Gasteiger partial charge in [-0.3, -0.25) is 9.78 Å². The van der Waals surface area contributed by atoms with E-state index in [9.17, 15) is 9.90 Å². The molecule has 2 aromatic heterocycles. The normalized spacial score (nSPS) is 21.3. The number of carbonyl (C=O) groups excluding carboxylic acids is 1. The van der Waals surface area contributed by atoms with Gasteiger partial charge >= 0.3 is 0 Å². The van der Waals surface area contributed by atoms with Gasteiger partial charge in [-0.15, -0.1) is 11.3 Å². The molecule has 3 rings (SSSR count). The zero-order valence-corrected chi connectivity index (χ0v) is 13.4. The summed E-state index contributed by atoms with van der Waals surface area (Å²) in [6, 6.07) is 1.59. The smallest absolute Gasteiger partial charge is 0.271 e. The zero-order chi connectivity index (χ0) is 16.4. The molecule has 0 bridgehead atoms. The molecule has 0 aliphatic heterocycles. The van der Waals surface area contributed by atoms with E-state index in [1.807, 2.05) is 6.07 Å². The van der Waals surface area contributed by atoms with Crippen molar-refractivity contribution in [2.75, 3.05) is 12.8 Å². The first-order chi connectivity index (χ1) is 11.1. The Morgan fingerprint density at radius 3 is 2.91 bits per heavy atom. The number of hydrogen-bond donors (Lipinski definition) is 3. The fourth-order valence-electron chi connectivity index (χ4n) is 2.70. The molecule has 4 N–H and O–H groups in total. The maximum atomic E-state index is 12.4. The number of methoxy groups -OCH3 is 1. The van der Waals surface area contributed by atoms with Crippen LogP contribution in [0.25, 0.3) is 0 Å². The highest BCUT2D eigenvalue weighted by atomic mass is 32.1. The number of nitrogens with two attached hydrogens (primary N) is 1. The zero-order valence-electron chi connectivity index (χ0n) is 12.6. The van der Waals surface area contributed by atoms with Gasteiger partial charge in [-0.2, -0.15) is 0 Å². The second kappa shape index (κ2) is 6.51. The maximum absolute atomic E-state index is 12.4. The lowest BCUT2D eigenvalue weighted by molar-refractivity contribution is 0.0234. The van der Waals surface area contributed by atoms with Gasteiger partial charge in [0.25, 0.3) is 5.91 Å². The molecule has 1 atom stereocenters. The average molecular weight is 334 g/mol. The van der Waals surface area contributed by atoms with Crippen LogP contribution in [0.5, 0.6) is 5.75 Å². The Morgan fingerprint density at radius 2 is 2.30 bits per heavy atom. The predicted octanol–water partition coefficient (Wildman–Crippen LogP) is 1.37. The summed E-state index contributed by atoms with van der Waals surface area (Å²) >= 11 is 1.22. The monoisotopic (exact) mass is 334 g/mol. The van der Waals surface area contributed by atoms with Crippen molar-refractivity contribution in [3.8, 4) is 5.75 Å². The summed E-state index contributed by atoms with van der Waals surface area (Å²) in [5.74, 6) is 0.491. The number of aliphatic hydroxyl groups is 1. The van der Waals surface area contributed by atoms with E-state index in [-0.39, 0.29) is 24.0 Å². The predicted molar refractivity (Wildman–Crippen MR) is 86.3 cm³/mol. The standard InChI is InChI=1S/C15H18N4O3S/c1-22-11-4-9(5-17-6-11)13(8-2-10(20)3-8)19-14(21)12-7-23-15(16)18-12/h4-8,10,13,20H,2-3H2,1H3,(H2,16,18)(H,19,21). The molecule has 0 aromatic carbocycles. The van der Waals surface area contributed by atoms with Crippen molar-refractivity contribution < 1.29 is 14.6 Å². The number of rotatable bonds is 5. The number of pyridine rings is 1. The van der Waals surface area contributed by atoms with Crippen LogP contribution >= 0.6 is 11.3 Å². The molecule has 1 aliphatic rings. The largest absolute Gasteiger partial charge is 0.495 e. The Morgan fingerprint density at radius 1 is 1.52 bits per heavy atom. The third-order valence-electron chi connectivity index (χ3n) is 3.99. The first kappa shape index (κ1) is 15.7. The summed E-state index contributed by atoms with van der Waals surface area (Å²) in [6.45, 7) is 0. The van der Waals surface area contributed by atoms with Crippen molar-refractivity contribution in [1.29, 1.82) is 0 Å². The summed E-state index contributed by atoms with van der Waals surface area (Å²) in [5.41, 5.74) is 6.72. The molecule has 2 heterocycles. The summed E-state index contributed by atoms with van der Waals surface area (Å²) in [7, 11) is 1.57. The molecule has 0 spiro atoms. The molecule has 1 saturated carbocycles. The van der Waals surface area contributed by atoms with Crippen LogP contribution in [0.15, 0.2) is 23.8 Å². The van der Waals surface area contributed by atoms with Gasteiger partial charge in [0.05, 0.1) is 25.5 Å². The first-order valence-electron chi connectivity index (χ1n) is 7.25. The number of amides is 1. The summed E-state index contributed by atoms with van der Waals surface area (Å²) in [4.78, 5) is 20.5. The third-order valence-corrected chi connectivity index (χ3v) is 4.67. The molecule has 7 nitrogen and oxygen atoms in total. The number of thiazole rings is 1. The molecule has 122 valence electrons. The Balaban J connectivity index is 1.82. The fraction of sp³-hybridized carbons (Fsp3) is 0.400. The second-order valence-electron chi connectivity index (χ2n) is 5.57. The van der Waals surface area contributed by atoms with E-state index in [1.165, 1.54) is 11.3 Å². The number of nitrogens with one attached hydrogen (secondary N) is 1. The molecule has 1 amide bonds. The van der Waals surface area contributed by atoms with Gasteiger partial charge in [-0.05, 0) is 30.4 Å². The van der Waals surface area contributed by atoms with Gasteiger partial charge in [-0.25, -0.2) is 4.98 Å². The van der Waals surface area contributed by atoms with Gasteiger partial charge in [0.2, 0.25) is 0 Å². The number of nitrogens with zero attached hydrogens (tertiary/aromatic N) is 2. The molecule has 1 fully saturated rings. The van der Waals surface area contributed by atoms with Crippen molar-refractivity contribution in [3.63, 3.8) is 0 Å². The minimum absolute atomic E-state index is 0.152. The molecule has 23 heavy (non-hydrogen) atoms. The van der Waals surface area contributed by atoms with Crippen LogP contribution in [0.3, 0.4) is 0 Å². The van der Waals surface area contributed by atoms with Gasteiger partial charge < -0.3 is 20.9 Å². The lowest BCUT2D eigenvalue weighted by atomic mass is 9.75. The molecule has 8 heteroatoms. The number of aliphatic hydroxyl groups excluding tert-OH is 1. The Bertz CT molecular complexity index is 700. The Hall–Kier alpha value is -2.19. The van der Waals surface area contributed by atoms with Crippen LogP contribution in [-0.4, -0.2) is 34.2 Å². The molecule has 1 aliphatic carbocycles. The van der Waals surface area contributed by atoms with Crippen molar-refractivity contribution in [1.82, 2.24) is 15.3 Å². The number of hydrogen-bond acceptors (Lipinski definition) is 7. The van der Waals surface area contributed by atoms with Gasteiger partial charge in [0.1, 0.15) is 11.4 Å². The lowest BCUT2D eigenvalue weighted by Gasteiger charge is -2.38. The molecule has 0 saturated heterocycles. The summed E-state index contributed by atoms with van der Waals surface area (Å²) in [6.07, 6.45) is 4.28. The van der Waals surface area contributed by atoms with E-state index in [2.05, 4.69) is 15.3 Å². The summed E-state index contributed by atoms with van der Waals surface area (Å²) in [5, 5.41) is 14.6. The van der Waals surface area contributed by atoms with E-state index < -0.39 is 0 Å². The van der Waals surface area contributed by atoms with Gasteiger partial charge in [-0.1, -0.05) is 0 Å². The molecular formula is C15H18N4O3S. The minimum Gasteiger partial charge on any atom is -0.495 e. The first-order valence-corrected chi connectivity index (χ1v) is 8.13. The molecular weight excluding hydrogens is 316 g/mol. The minimum atomic E-state index is -0.312. The molecule has 1 unspecified atom stereocenters. The topological polar surface area (TPSA) is 110 Å². The maximum Gasteiger partial charge on any atom is 0.271 e. The highest BCUT2D eigenvalue weighted by Crippen LogP contribution is 2.38. The Kier molecular flexibility index (Phi) is 4.44. The second-order valence-corrected chi connectivity index (χ2v) is 6.46. The van der Waals surface area contributed by atoms with Crippen LogP contribution in [0.4, 0.5) is 5.13 Å². The number of anilines is 1. The molecule has 2 aromatic rings. The average Bonchev–Trinajstić information content (AvgIpc) is 2.96. The fourth-order valence-corrected chi connectivity index (χ4v) is 3.24. The van der Waals surface area contributed by atoms with Crippen LogP contribution in [0.1, 0.15) is 34.9 Å². The van der Waals surface area contributed by atoms with E-state index in [4.69, 9.17) is 10.5 Å². The number of aromatic nitrogens is 2.